The molecular formula is C15H24. The Balaban J connectivity index is 3.05. The molecule has 0 heterocycles. The number of hydrogen-bond donors (Lipinski definition) is 0. The Morgan fingerprint density at radius 1 is 0.933 bits per heavy atom. The molecule has 0 aliphatic rings. The van der Waals surface area contributed by atoms with Gasteiger partial charge in [-0.3, -0.25) is 0 Å². The van der Waals surface area contributed by atoms with E-state index in [4.69, 9.17) is 0 Å². The highest BCUT2D eigenvalue weighted by atomic mass is 14.3. The van der Waals surface area contributed by atoms with Crippen LogP contribution in [-0.2, 0) is 0 Å². The van der Waals surface area contributed by atoms with Crippen molar-refractivity contribution in [1.82, 2.24) is 0 Å². The Morgan fingerprint density at radius 2 is 1.40 bits per heavy atom. The molecule has 15 heavy (non-hydrogen) atoms. The number of rotatable bonds is 2. The van der Waals surface area contributed by atoms with Crippen molar-refractivity contribution in [3.8, 4) is 0 Å². The smallest absolute Gasteiger partial charge is 0.00902 e. The third-order valence-corrected chi connectivity index (χ3v) is 3.04. The van der Waals surface area contributed by atoms with Crippen LogP contribution >= 0.6 is 0 Å². The van der Waals surface area contributed by atoms with Gasteiger partial charge in [0, 0.05) is 0 Å². The van der Waals surface area contributed by atoms with Crippen molar-refractivity contribution in [2.24, 2.45) is 11.3 Å². The van der Waals surface area contributed by atoms with Crippen LogP contribution < -0.4 is 0 Å². The van der Waals surface area contributed by atoms with Gasteiger partial charge in [-0.2, -0.15) is 0 Å². The monoisotopic (exact) mass is 204 g/mol. The van der Waals surface area contributed by atoms with Crippen molar-refractivity contribution >= 4 is 0 Å². The van der Waals surface area contributed by atoms with E-state index in [-0.39, 0.29) is 0 Å². The molecule has 1 rings (SSSR count). The molecule has 0 aromatic heterocycles. The molecule has 0 aliphatic heterocycles. The predicted octanol–water partition coefficient (Wildman–Crippen LogP) is 4.78. The van der Waals surface area contributed by atoms with Gasteiger partial charge in [-0.25, -0.2) is 0 Å². The van der Waals surface area contributed by atoms with Gasteiger partial charge in [0.05, 0.1) is 0 Å². The second-order valence-electron chi connectivity index (χ2n) is 6.00. The summed E-state index contributed by atoms with van der Waals surface area (Å²) in [4.78, 5) is 0. The number of hydrogen-bond acceptors (Lipinski definition) is 0. The van der Waals surface area contributed by atoms with Crippen LogP contribution in [0.2, 0.25) is 0 Å². The topological polar surface area (TPSA) is 0 Å². The molecule has 0 spiro atoms. The third-order valence-electron chi connectivity index (χ3n) is 3.04. The van der Waals surface area contributed by atoms with Gasteiger partial charge in [-0.1, -0.05) is 64.4 Å². The summed E-state index contributed by atoms with van der Waals surface area (Å²) >= 11 is 0. The van der Waals surface area contributed by atoms with Gasteiger partial charge in [0.15, 0.2) is 0 Å². The summed E-state index contributed by atoms with van der Waals surface area (Å²) in [6, 6.07) is 9.00. The molecule has 0 saturated carbocycles. The fourth-order valence-corrected chi connectivity index (χ4v) is 2.66. The Labute approximate surface area is 94.7 Å². The van der Waals surface area contributed by atoms with Gasteiger partial charge in [-0.15, -0.1) is 0 Å². The van der Waals surface area contributed by atoms with E-state index in [0.717, 1.165) is 0 Å². The highest BCUT2D eigenvalue weighted by Crippen LogP contribution is 2.40. The van der Waals surface area contributed by atoms with E-state index in [9.17, 15) is 0 Å². The van der Waals surface area contributed by atoms with E-state index < -0.39 is 0 Å². The highest BCUT2D eigenvalue weighted by Gasteiger charge is 2.28. The molecule has 84 valence electrons. The number of benzene rings is 1. The molecule has 0 fully saturated rings. The maximum atomic E-state index is 2.33. The van der Waals surface area contributed by atoms with Crippen LogP contribution in [0.5, 0.6) is 0 Å². The molecule has 0 heteroatoms. The number of aryl methyl sites for hydroxylation is 1. The molecule has 1 atom stereocenters. The normalized spacial score (nSPS) is 14.3. The Kier molecular flexibility index (Phi) is 3.59. The molecule has 1 aromatic carbocycles. The molecule has 0 bridgehead atoms. The van der Waals surface area contributed by atoms with Gasteiger partial charge in [0.25, 0.3) is 0 Å². The van der Waals surface area contributed by atoms with Crippen molar-refractivity contribution in [3.63, 3.8) is 0 Å². The summed E-state index contributed by atoms with van der Waals surface area (Å²) in [5, 5.41) is 0. The van der Waals surface area contributed by atoms with Crippen LogP contribution in [0.15, 0.2) is 24.3 Å². The van der Waals surface area contributed by atoms with Crippen LogP contribution in [0.1, 0.15) is 51.7 Å². The fraction of sp³-hybridized carbons (Fsp3) is 0.600. The lowest BCUT2D eigenvalue weighted by molar-refractivity contribution is 0.258. The average Bonchev–Trinajstić information content (AvgIpc) is 2.05. The van der Waals surface area contributed by atoms with E-state index in [2.05, 4.69) is 65.8 Å². The quantitative estimate of drug-likeness (QED) is 0.650. The molecule has 0 saturated heterocycles. The summed E-state index contributed by atoms with van der Waals surface area (Å²) in [6.45, 7) is 13.8. The first-order chi connectivity index (χ1) is 6.82. The lowest BCUT2D eigenvalue weighted by Gasteiger charge is -2.34. The zero-order valence-corrected chi connectivity index (χ0v) is 11.0. The SMILES string of the molecule is Cc1ccc(C(C(C)C)C(C)(C)C)cc1. The van der Waals surface area contributed by atoms with Crippen molar-refractivity contribution in [1.29, 1.82) is 0 Å². The molecule has 0 nitrogen and oxygen atoms in total. The van der Waals surface area contributed by atoms with Crippen LogP contribution in [0.4, 0.5) is 0 Å². The highest BCUT2D eigenvalue weighted by molar-refractivity contribution is 5.26. The van der Waals surface area contributed by atoms with Gasteiger partial charge < -0.3 is 0 Å². The summed E-state index contributed by atoms with van der Waals surface area (Å²) in [7, 11) is 0. The van der Waals surface area contributed by atoms with E-state index >= 15 is 0 Å². The van der Waals surface area contributed by atoms with Gasteiger partial charge >= 0.3 is 0 Å². The molecular weight excluding hydrogens is 180 g/mol. The van der Waals surface area contributed by atoms with E-state index in [1.807, 2.05) is 0 Å². The van der Waals surface area contributed by atoms with Crippen LogP contribution in [0.3, 0.4) is 0 Å². The third kappa shape index (κ3) is 3.09. The summed E-state index contributed by atoms with van der Waals surface area (Å²) < 4.78 is 0. The van der Waals surface area contributed by atoms with Crippen molar-refractivity contribution in [2.75, 3.05) is 0 Å². The maximum absolute atomic E-state index is 2.33. The molecule has 1 aromatic rings. The minimum atomic E-state index is 0.337. The molecule has 0 N–H and O–H groups in total. The van der Waals surface area contributed by atoms with Gasteiger partial charge in [-0.05, 0) is 29.7 Å². The first-order valence-corrected chi connectivity index (χ1v) is 5.89. The zero-order valence-electron chi connectivity index (χ0n) is 11.0. The summed E-state index contributed by atoms with van der Waals surface area (Å²) in [5.74, 6) is 1.32. The average molecular weight is 204 g/mol. The van der Waals surface area contributed by atoms with E-state index in [1.54, 1.807) is 0 Å². The zero-order chi connectivity index (χ0) is 11.6. The summed E-state index contributed by atoms with van der Waals surface area (Å²) in [6.07, 6.45) is 0. The minimum Gasteiger partial charge on any atom is -0.0622 e. The first-order valence-electron chi connectivity index (χ1n) is 5.89. The Morgan fingerprint density at radius 3 is 1.73 bits per heavy atom. The summed E-state index contributed by atoms with van der Waals surface area (Å²) in [5.41, 5.74) is 3.15. The van der Waals surface area contributed by atoms with Gasteiger partial charge in [0.2, 0.25) is 0 Å². The second kappa shape index (κ2) is 4.38. The molecule has 1 unspecified atom stereocenters. The molecule has 0 aliphatic carbocycles. The van der Waals surface area contributed by atoms with Crippen LogP contribution in [-0.4, -0.2) is 0 Å². The van der Waals surface area contributed by atoms with Crippen LogP contribution in [0.25, 0.3) is 0 Å². The Bertz CT molecular complexity index is 298. The van der Waals surface area contributed by atoms with Crippen molar-refractivity contribution in [3.05, 3.63) is 35.4 Å². The second-order valence-corrected chi connectivity index (χ2v) is 6.00. The molecule has 0 radical (unpaired) electrons. The largest absolute Gasteiger partial charge is 0.0622 e. The maximum Gasteiger partial charge on any atom is -0.00902 e. The van der Waals surface area contributed by atoms with Crippen molar-refractivity contribution in [2.45, 2.75) is 47.5 Å². The minimum absolute atomic E-state index is 0.337. The lowest BCUT2D eigenvalue weighted by Crippen LogP contribution is -2.23. The van der Waals surface area contributed by atoms with Crippen molar-refractivity contribution < 1.29 is 0 Å². The fourth-order valence-electron chi connectivity index (χ4n) is 2.66. The lowest BCUT2D eigenvalue weighted by atomic mass is 9.70. The standard InChI is InChI=1S/C15H24/c1-11(2)14(15(4,5)6)13-9-7-12(3)8-10-13/h7-11,14H,1-6H3. The van der Waals surface area contributed by atoms with E-state index in [1.165, 1.54) is 11.1 Å². The van der Waals surface area contributed by atoms with E-state index in [0.29, 0.717) is 17.3 Å². The molecule has 0 amide bonds. The van der Waals surface area contributed by atoms with Crippen LogP contribution in [0, 0.1) is 18.3 Å². The first kappa shape index (κ1) is 12.3. The Hall–Kier alpha value is -0.780. The van der Waals surface area contributed by atoms with Gasteiger partial charge in [0.1, 0.15) is 0 Å². The predicted molar refractivity (Wildman–Crippen MR) is 68.2 cm³/mol.